The number of rotatable bonds is 7. The number of ether oxygens (including phenoxy) is 1. The largest absolute Gasteiger partial charge is 0.496 e. The Morgan fingerprint density at radius 1 is 1.15 bits per heavy atom. The average Bonchev–Trinajstić information content (AvgIpc) is 2.34. The highest BCUT2D eigenvalue weighted by molar-refractivity contribution is 5.43. The van der Waals surface area contributed by atoms with E-state index in [-0.39, 0.29) is 0 Å². The molecule has 2 nitrogen and oxygen atoms in total. The molecule has 0 heterocycles. The molecular weight excluding hydrogens is 246 g/mol. The molecule has 0 fully saturated rings. The first-order valence-corrected chi connectivity index (χ1v) is 7.62. The molecule has 0 radical (unpaired) electrons. The van der Waals surface area contributed by atoms with Gasteiger partial charge in [-0.1, -0.05) is 39.8 Å². The number of aryl methyl sites for hydroxylation is 3. The van der Waals surface area contributed by atoms with Gasteiger partial charge in [-0.3, -0.25) is 0 Å². The topological polar surface area (TPSA) is 21.3 Å². The number of benzene rings is 1. The first-order valence-electron chi connectivity index (χ1n) is 7.62. The highest BCUT2D eigenvalue weighted by atomic mass is 16.5. The van der Waals surface area contributed by atoms with Crippen LogP contribution in [0.3, 0.4) is 0 Å². The van der Waals surface area contributed by atoms with E-state index in [2.05, 4.69) is 59.0 Å². The molecule has 1 aromatic carbocycles. The van der Waals surface area contributed by atoms with Crippen LogP contribution in [0.25, 0.3) is 0 Å². The molecular formula is C18H31NO. The fraction of sp³-hybridized carbons (Fsp3) is 0.667. The van der Waals surface area contributed by atoms with Gasteiger partial charge in [0.2, 0.25) is 0 Å². The van der Waals surface area contributed by atoms with E-state index in [0.29, 0.717) is 11.5 Å². The van der Waals surface area contributed by atoms with E-state index in [1.54, 1.807) is 7.11 Å². The van der Waals surface area contributed by atoms with E-state index < -0.39 is 0 Å². The van der Waals surface area contributed by atoms with Gasteiger partial charge in [-0.2, -0.15) is 0 Å². The Kier molecular flexibility index (Phi) is 6.07. The number of methoxy groups -OCH3 is 1. The van der Waals surface area contributed by atoms with Crippen molar-refractivity contribution >= 4 is 0 Å². The minimum absolute atomic E-state index is 0.325. The smallest absolute Gasteiger partial charge is 0.124 e. The number of hydrogen-bond acceptors (Lipinski definition) is 2. The molecule has 114 valence electrons. The maximum atomic E-state index is 5.43. The predicted molar refractivity (Wildman–Crippen MR) is 87.7 cm³/mol. The Bertz CT molecular complexity index is 412. The van der Waals surface area contributed by atoms with Crippen LogP contribution < -0.4 is 10.1 Å². The molecule has 1 aromatic rings. The highest BCUT2D eigenvalue weighted by Gasteiger charge is 2.18. The fourth-order valence-corrected chi connectivity index (χ4v) is 2.56. The summed E-state index contributed by atoms with van der Waals surface area (Å²) in [5.74, 6) is 1.02. The molecule has 2 heteroatoms. The van der Waals surface area contributed by atoms with Crippen molar-refractivity contribution in [2.75, 3.05) is 13.7 Å². The van der Waals surface area contributed by atoms with E-state index in [4.69, 9.17) is 4.74 Å². The average molecular weight is 277 g/mol. The molecule has 0 aliphatic rings. The van der Waals surface area contributed by atoms with Gasteiger partial charge in [0.05, 0.1) is 7.11 Å². The summed E-state index contributed by atoms with van der Waals surface area (Å²) in [6, 6.07) is 5.08. The quantitative estimate of drug-likeness (QED) is 0.803. The van der Waals surface area contributed by atoms with Crippen LogP contribution in [0.2, 0.25) is 0 Å². The molecule has 0 saturated carbocycles. The van der Waals surface area contributed by atoms with Crippen molar-refractivity contribution in [1.29, 1.82) is 0 Å². The van der Waals surface area contributed by atoms with Crippen molar-refractivity contribution in [2.45, 2.75) is 60.4 Å². The van der Waals surface area contributed by atoms with E-state index in [9.17, 15) is 0 Å². The summed E-state index contributed by atoms with van der Waals surface area (Å²) in [6.45, 7) is 14.4. The Labute approximate surface area is 124 Å². The number of nitrogens with one attached hydrogen (secondary N) is 1. The summed E-state index contributed by atoms with van der Waals surface area (Å²) in [6.07, 6.45) is 2.32. The van der Waals surface area contributed by atoms with Crippen molar-refractivity contribution in [2.24, 2.45) is 5.41 Å². The minimum Gasteiger partial charge on any atom is -0.496 e. The normalized spacial score (nSPS) is 12.0. The molecule has 0 amide bonds. The van der Waals surface area contributed by atoms with Gasteiger partial charge in [-0.15, -0.1) is 0 Å². The van der Waals surface area contributed by atoms with Crippen molar-refractivity contribution in [1.82, 2.24) is 5.32 Å². The molecule has 0 saturated heterocycles. The zero-order valence-electron chi connectivity index (χ0n) is 14.3. The third kappa shape index (κ3) is 5.16. The maximum absolute atomic E-state index is 5.43. The molecule has 1 N–H and O–H groups in total. The summed E-state index contributed by atoms with van der Waals surface area (Å²) in [4.78, 5) is 0. The van der Waals surface area contributed by atoms with Crippen LogP contribution in [0.1, 0.15) is 50.8 Å². The van der Waals surface area contributed by atoms with Crippen molar-refractivity contribution < 1.29 is 4.74 Å². The van der Waals surface area contributed by atoms with Gasteiger partial charge >= 0.3 is 0 Å². The molecule has 0 atom stereocenters. The van der Waals surface area contributed by atoms with Crippen LogP contribution in [0, 0.1) is 19.3 Å². The summed E-state index contributed by atoms with van der Waals surface area (Å²) in [7, 11) is 1.75. The third-order valence-corrected chi connectivity index (χ3v) is 3.80. The summed E-state index contributed by atoms with van der Waals surface area (Å²) in [5.41, 5.74) is 4.21. The molecule has 0 unspecified atom stereocenters. The molecule has 0 spiro atoms. The van der Waals surface area contributed by atoms with Crippen LogP contribution in [-0.4, -0.2) is 19.7 Å². The van der Waals surface area contributed by atoms with Crippen LogP contribution >= 0.6 is 0 Å². The lowest BCUT2D eigenvalue weighted by atomic mass is 9.85. The molecule has 0 aliphatic carbocycles. The minimum atomic E-state index is 0.325. The summed E-state index contributed by atoms with van der Waals surface area (Å²) in [5, 5.41) is 3.54. The molecule has 1 rings (SSSR count). The first-order chi connectivity index (χ1) is 9.25. The standard InChI is InChI=1S/C18H31NO/c1-13(2)19-12-18(5,6)9-8-16-10-14(3)17(20-7)15(4)11-16/h10-11,13,19H,8-9,12H2,1-7H3. The van der Waals surface area contributed by atoms with Crippen molar-refractivity contribution in [3.63, 3.8) is 0 Å². The van der Waals surface area contributed by atoms with Crippen LogP contribution in [0.5, 0.6) is 5.75 Å². The van der Waals surface area contributed by atoms with E-state index >= 15 is 0 Å². The van der Waals surface area contributed by atoms with E-state index in [0.717, 1.165) is 18.7 Å². The van der Waals surface area contributed by atoms with E-state index in [1.165, 1.54) is 23.1 Å². The molecule has 0 aromatic heterocycles. The second kappa shape index (κ2) is 7.12. The van der Waals surface area contributed by atoms with Gasteiger partial charge in [-0.25, -0.2) is 0 Å². The highest BCUT2D eigenvalue weighted by Crippen LogP contribution is 2.27. The zero-order chi connectivity index (χ0) is 15.3. The lowest BCUT2D eigenvalue weighted by Gasteiger charge is -2.26. The second-order valence-electron chi connectivity index (χ2n) is 6.96. The molecule has 20 heavy (non-hydrogen) atoms. The van der Waals surface area contributed by atoms with Gasteiger partial charge in [0, 0.05) is 12.6 Å². The van der Waals surface area contributed by atoms with Crippen molar-refractivity contribution in [3.8, 4) is 5.75 Å². The maximum Gasteiger partial charge on any atom is 0.124 e. The summed E-state index contributed by atoms with van der Waals surface area (Å²) >= 11 is 0. The molecule has 0 bridgehead atoms. The Morgan fingerprint density at radius 2 is 1.70 bits per heavy atom. The number of hydrogen-bond donors (Lipinski definition) is 1. The van der Waals surface area contributed by atoms with Crippen molar-refractivity contribution in [3.05, 3.63) is 28.8 Å². The van der Waals surface area contributed by atoms with Crippen LogP contribution in [0.15, 0.2) is 12.1 Å². The summed E-state index contributed by atoms with van der Waals surface area (Å²) < 4.78 is 5.43. The zero-order valence-corrected chi connectivity index (χ0v) is 14.3. The monoisotopic (exact) mass is 277 g/mol. The van der Waals surface area contributed by atoms with Crippen LogP contribution in [-0.2, 0) is 6.42 Å². The lowest BCUT2D eigenvalue weighted by Crippen LogP contribution is -2.34. The Balaban J connectivity index is 2.65. The lowest BCUT2D eigenvalue weighted by molar-refractivity contribution is 0.304. The van der Waals surface area contributed by atoms with Gasteiger partial charge in [0.25, 0.3) is 0 Å². The van der Waals surface area contributed by atoms with E-state index in [1.807, 2.05) is 0 Å². The Morgan fingerprint density at radius 3 is 2.15 bits per heavy atom. The van der Waals surface area contributed by atoms with Gasteiger partial charge in [0.15, 0.2) is 0 Å². The van der Waals surface area contributed by atoms with Gasteiger partial charge < -0.3 is 10.1 Å². The second-order valence-corrected chi connectivity index (χ2v) is 6.96. The third-order valence-electron chi connectivity index (χ3n) is 3.80. The van der Waals surface area contributed by atoms with Crippen LogP contribution in [0.4, 0.5) is 0 Å². The SMILES string of the molecule is COc1c(C)cc(CCC(C)(C)CNC(C)C)cc1C. The van der Waals surface area contributed by atoms with Gasteiger partial charge in [-0.05, 0) is 48.8 Å². The predicted octanol–water partition coefficient (Wildman–Crippen LogP) is 4.27. The molecule has 0 aliphatic heterocycles. The van der Waals surface area contributed by atoms with Gasteiger partial charge in [0.1, 0.15) is 5.75 Å². The fourth-order valence-electron chi connectivity index (χ4n) is 2.56. The Hall–Kier alpha value is -1.02. The first kappa shape index (κ1) is 17.0.